The number of benzene rings is 4. The van der Waals surface area contributed by atoms with Crippen LogP contribution in [0, 0.1) is 0 Å². The Bertz CT molecular complexity index is 1390. The van der Waals surface area contributed by atoms with Crippen LogP contribution in [0.3, 0.4) is 0 Å². The fraction of sp³-hybridized carbons (Fsp3) is 0.161. The molecule has 0 saturated carbocycles. The van der Waals surface area contributed by atoms with Gasteiger partial charge >= 0.3 is 0 Å². The first kappa shape index (κ1) is 27.5. The van der Waals surface area contributed by atoms with Gasteiger partial charge in [-0.25, -0.2) is 0 Å². The molecule has 0 amide bonds. The highest BCUT2D eigenvalue weighted by molar-refractivity contribution is 7.99. The summed E-state index contributed by atoms with van der Waals surface area (Å²) in [5, 5.41) is 28.5. The van der Waals surface area contributed by atoms with E-state index in [2.05, 4.69) is 60.3 Å². The molecule has 3 N–H and O–H groups in total. The molecule has 5 nitrogen and oxygen atoms in total. The average molecular weight is 547 g/mol. The van der Waals surface area contributed by atoms with Crippen LogP contribution >= 0.6 is 23.4 Å². The van der Waals surface area contributed by atoms with E-state index >= 15 is 0 Å². The normalized spacial score (nSPS) is 12.2. The summed E-state index contributed by atoms with van der Waals surface area (Å²) >= 11 is 8.03. The Morgan fingerprint density at radius 1 is 0.737 bits per heavy atom. The van der Waals surface area contributed by atoms with Gasteiger partial charge in [0.15, 0.2) is 0 Å². The highest BCUT2D eigenvalue weighted by Crippen LogP contribution is 2.48. The van der Waals surface area contributed by atoms with Gasteiger partial charge in [-0.15, -0.1) is 0 Å². The summed E-state index contributed by atoms with van der Waals surface area (Å²) in [4.78, 5) is 7.22. The Balaban J connectivity index is 0.000000181. The van der Waals surface area contributed by atoms with Gasteiger partial charge in [-0.2, -0.15) is 0 Å². The molecule has 0 unspecified atom stereocenters. The summed E-state index contributed by atoms with van der Waals surface area (Å²) in [5.74, 6) is 0.267. The number of nitrogens with zero attached hydrogens (tertiary/aromatic N) is 2. The third kappa shape index (κ3) is 7.48. The third-order valence-electron chi connectivity index (χ3n) is 5.86. The maximum Gasteiger partial charge on any atom is 0.119 e. The molecular weight excluding hydrogens is 516 g/mol. The van der Waals surface area contributed by atoms with Crippen LogP contribution in [0.15, 0.2) is 94.7 Å². The molecule has 0 aromatic heterocycles. The Morgan fingerprint density at radius 3 is 2.11 bits per heavy atom. The number of anilines is 2. The zero-order chi connectivity index (χ0) is 27.1. The molecule has 0 fully saturated rings. The predicted molar refractivity (Wildman–Crippen MR) is 159 cm³/mol. The lowest BCUT2D eigenvalue weighted by Gasteiger charge is -2.33. The van der Waals surface area contributed by atoms with Crippen LogP contribution in [0.1, 0.15) is 17.5 Å². The lowest BCUT2D eigenvalue weighted by Crippen LogP contribution is -2.25. The van der Waals surface area contributed by atoms with Crippen molar-refractivity contribution < 1.29 is 15.3 Å². The Hall–Kier alpha value is -3.58. The smallest absolute Gasteiger partial charge is 0.119 e. The summed E-state index contributed by atoms with van der Waals surface area (Å²) in [5.41, 5.74) is 4.14. The minimum atomic E-state index is 0.0235. The van der Waals surface area contributed by atoms with Crippen LogP contribution in [0.4, 0.5) is 11.4 Å². The van der Waals surface area contributed by atoms with Crippen molar-refractivity contribution in [1.29, 1.82) is 0 Å². The summed E-state index contributed by atoms with van der Waals surface area (Å²) in [6, 6.07) is 25.9. The van der Waals surface area contributed by atoms with E-state index in [1.807, 2.05) is 23.9 Å². The first-order valence-corrected chi connectivity index (χ1v) is 13.5. The van der Waals surface area contributed by atoms with Crippen LogP contribution in [0.25, 0.3) is 12.2 Å². The van der Waals surface area contributed by atoms with Crippen molar-refractivity contribution in [2.24, 2.45) is 0 Å². The van der Waals surface area contributed by atoms with Gasteiger partial charge < -0.3 is 25.1 Å². The predicted octanol–water partition coefficient (Wildman–Crippen LogP) is 7.87. The van der Waals surface area contributed by atoms with E-state index in [1.165, 1.54) is 27.2 Å². The first-order valence-electron chi connectivity index (χ1n) is 12.3. The number of fused-ring (bicyclic) bond motifs is 2. The van der Waals surface area contributed by atoms with Gasteiger partial charge in [0.2, 0.25) is 0 Å². The molecule has 38 heavy (non-hydrogen) atoms. The molecular formula is C31H31ClN2O3S. The number of aromatic hydroxyl groups is 3. The fourth-order valence-electron chi connectivity index (χ4n) is 4.08. The van der Waals surface area contributed by atoms with Gasteiger partial charge in [-0.3, -0.25) is 0 Å². The minimum Gasteiger partial charge on any atom is -0.508 e. The standard InChI is InChI=1S/C17H19ClN2S.C14H12O3/c1-19(2)10-5-11-20-14-6-3-4-7-16(14)21-17-9-8-13(18)12-15(17)20;15-12-5-3-10(4-6-12)1-2-11-7-13(16)9-14(17)8-11/h3-4,6-9,12H,5,10-11H2,1-2H3;1-9,15-17H. The molecule has 0 radical (unpaired) electrons. The van der Waals surface area contributed by atoms with Crippen LogP contribution < -0.4 is 4.90 Å². The molecule has 0 saturated heterocycles. The van der Waals surface area contributed by atoms with Gasteiger partial charge in [-0.1, -0.05) is 59.8 Å². The molecule has 0 aliphatic carbocycles. The number of para-hydroxylation sites is 1. The summed E-state index contributed by atoms with van der Waals surface area (Å²) in [7, 11) is 4.23. The second kappa shape index (κ2) is 12.8. The summed E-state index contributed by atoms with van der Waals surface area (Å²) in [6.07, 6.45) is 4.72. The Labute approximate surface area is 233 Å². The van der Waals surface area contributed by atoms with Crippen molar-refractivity contribution in [3.8, 4) is 17.2 Å². The van der Waals surface area contributed by atoms with E-state index in [0.29, 0.717) is 5.56 Å². The van der Waals surface area contributed by atoms with Crippen molar-refractivity contribution in [2.45, 2.75) is 16.2 Å². The molecule has 1 aliphatic heterocycles. The van der Waals surface area contributed by atoms with Crippen molar-refractivity contribution in [3.63, 3.8) is 0 Å². The molecule has 1 aliphatic rings. The van der Waals surface area contributed by atoms with E-state index in [4.69, 9.17) is 16.7 Å². The SMILES string of the molecule is CN(C)CCCN1c2ccccc2Sc2ccc(Cl)cc21.Oc1ccc(C=Cc2cc(O)cc(O)c2)cc1. The molecule has 4 aromatic carbocycles. The number of hydrogen-bond acceptors (Lipinski definition) is 6. The topological polar surface area (TPSA) is 67.2 Å². The largest absolute Gasteiger partial charge is 0.508 e. The molecule has 196 valence electrons. The van der Waals surface area contributed by atoms with Crippen LogP contribution in [0.5, 0.6) is 17.2 Å². The maximum absolute atomic E-state index is 9.30. The summed E-state index contributed by atoms with van der Waals surface area (Å²) in [6.45, 7) is 2.09. The molecule has 0 spiro atoms. The van der Waals surface area contributed by atoms with E-state index in [9.17, 15) is 10.2 Å². The van der Waals surface area contributed by atoms with Gasteiger partial charge in [0.05, 0.1) is 11.4 Å². The molecule has 0 atom stereocenters. The first-order chi connectivity index (χ1) is 18.3. The van der Waals surface area contributed by atoms with E-state index in [-0.39, 0.29) is 17.2 Å². The second-order valence-electron chi connectivity index (χ2n) is 9.20. The van der Waals surface area contributed by atoms with E-state index in [1.54, 1.807) is 42.5 Å². The zero-order valence-electron chi connectivity index (χ0n) is 21.4. The number of halogens is 1. The summed E-state index contributed by atoms with van der Waals surface area (Å²) < 4.78 is 0. The molecule has 0 bridgehead atoms. The van der Waals surface area contributed by atoms with Gasteiger partial charge in [0.1, 0.15) is 17.2 Å². The number of rotatable bonds is 6. The Morgan fingerprint density at radius 2 is 1.39 bits per heavy atom. The van der Waals surface area contributed by atoms with Crippen molar-refractivity contribution in [2.75, 3.05) is 32.1 Å². The van der Waals surface area contributed by atoms with E-state index < -0.39 is 0 Å². The second-order valence-corrected chi connectivity index (χ2v) is 10.7. The molecule has 4 aromatic rings. The fourth-order valence-corrected chi connectivity index (χ4v) is 5.32. The van der Waals surface area contributed by atoms with Crippen LogP contribution in [0.2, 0.25) is 5.02 Å². The highest BCUT2D eigenvalue weighted by atomic mass is 35.5. The number of phenols is 3. The minimum absolute atomic E-state index is 0.0235. The monoisotopic (exact) mass is 546 g/mol. The maximum atomic E-state index is 9.30. The van der Waals surface area contributed by atoms with Crippen molar-refractivity contribution >= 4 is 46.9 Å². The third-order valence-corrected chi connectivity index (χ3v) is 7.23. The van der Waals surface area contributed by atoms with E-state index in [0.717, 1.165) is 30.1 Å². The van der Waals surface area contributed by atoms with Gasteiger partial charge in [-0.05, 0) is 92.8 Å². The zero-order valence-corrected chi connectivity index (χ0v) is 23.0. The molecule has 5 rings (SSSR count). The lowest BCUT2D eigenvalue weighted by molar-refractivity contribution is 0.402. The van der Waals surface area contributed by atoms with Crippen molar-refractivity contribution in [1.82, 2.24) is 4.90 Å². The quantitative estimate of drug-likeness (QED) is 0.214. The van der Waals surface area contributed by atoms with Gasteiger partial charge in [0, 0.05) is 27.4 Å². The Kier molecular flexibility index (Phi) is 9.24. The van der Waals surface area contributed by atoms with Crippen LogP contribution in [-0.4, -0.2) is 47.4 Å². The lowest BCUT2D eigenvalue weighted by atomic mass is 10.1. The molecule has 1 heterocycles. The van der Waals surface area contributed by atoms with Crippen LogP contribution in [-0.2, 0) is 0 Å². The average Bonchev–Trinajstić information content (AvgIpc) is 2.88. The number of phenolic OH excluding ortho intramolecular Hbond substituents is 3. The highest BCUT2D eigenvalue weighted by Gasteiger charge is 2.23. The van der Waals surface area contributed by atoms with Crippen molar-refractivity contribution in [3.05, 3.63) is 101 Å². The molecule has 7 heteroatoms. The van der Waals surface area contributed by atoms with Gasteiger partial charge in [0.25, 0.3) is 0 Å². The number of hydrogen-bond donors (Lipinski definition) is 3.